The van der Waals surface area contributed by atoms with E-state index in [1.165, 1.54) is 4.52 Å². The molecule has 0 bridgehead atoms. The Hall–Kier alpha value is -3.29. The Kier molecular flexibility index (Phi) is 3.87. The predicted octanol–water partition coefficient (Wildman–Crippen LogP) is 1.93. The van der Waals surface area contributed by atoms with E-state index in [9.17, 15) is 9.59 Å². The van der Waals surface area contributed by atoms with Crippen LogP contribution < -0.4 is 15.6 Å². The van der Waals surface area contributed by atoms with Crippen molar-refractivity contribution in [2.24, 2.45) is 0 Å². The Morgan fingerprint density at radius 1 is 1.35 bits per heavy atom. The molecular weight excluding hydrogens is 334 g/mol. The summed E-state index contributed by atoms with van der Waals surface area (Å²) in [6, 6.07) is 7.07. The summed E-state index contributed by atoms with van der Waals surface area (Å²) >= 11 is 0. The number of carbonyl (C=O) groups is 1. The largest absolute Gasteiger partial charge is 0.495 e. The van der Waals surface area contributed by atoms with E-state index in [0.717, 1.165) is 11.3 Å². The summed E-state index contributed by atoms with van der Waals surface area (Å²) in [6.07, 6.45) is 2.22. The number of fused-ring (bicyclic) bond motifs is 2. The Bertz CT molecular complexity index is 1050. The maximum absolute atomic E-state index is 12.7. The van der Waals surface area contributed by atoms with Gasteiger partial charge in [-0.1, -0.05) is 6.07 Å². The Morgan fingerprint density at radius 2 is 2.19 bits per heavy atom. The van der Waals surface area contributed by atoms with Crippen molar-refractivity contribution in [2.75, 3.05) is 19.0 Å². The van der Waals surface area contributed by atoms with Gasteiger partial charge in [0.25, 0.3) is 5.56 Å². The number of carbonyl (C=O) groups excluding carboxylic acids is 1. The van der Waals surface area contributed by atoms with E-state index in [1.807, 2.05) is 25.1 Å². The van der Waals surface area contributed by atoms with Crippen LogP contribution >= 0.6 is 0 Å². The Balaban J connectivity index is 1.60. The van der Waals surface area contributed by atoms with Crippen molar-refractivity contribution in [3.05, 3.63) is 57.6 Å². The van der Waals surface area contributed by atoms with Gasteiger partial charge < -0.3 is 15.0 Å². The van der Waals surface area contributed by atoms with Crippen LogP contribution in [0.4, 0.5) is 10.5 Å². The minimum absolute atomic E-state index is 0.166. The predicted molar refractivity (Wildman–Crippen MR) is 96.7 cm³/mol. The quantitative estimate of drug-likeness (QED) is 0.736. The van der Waals surface area contributed by atoms with E-state index in [2.05, 4.69) is 15.4 Å². The first-order chi connectivity index (χ1) is 12.6. The average Bonchev–Trinajstić information content (AvgIpc) is 3.10. The number of urea groups is 1. The molecule has 134 valence electrons. The van der Waals surface area contributed by atoms with Gasteiger partial charge >= 0.3 is 6.03 Å². The molecule has 3 heterocycles. The summed E-state index contributed by atoms with van der Waals surface area (Å²) in [5.41, 5.74) is 3.35. The summed E-state index contributed by atoms with van der Waals surface area (Å²) < 4.78 is 6.70. The number of aromatic amines is 1. The SMILES string of the molecule is COc1ccc(C)cc1NC(=O)N1CCc2nc3cc[nH]n3c(=O)c2C1. The fraction of sp³-hybridized carbons (Fsp3) is 0.278. The minimum Gasteiger partial charge on any atom is -0.495 e. The Labute approximate surface area is 149 Å². The summed E-state index contributed by atoms with van der Waals surface area (Å²) in [5.74, 6) is 0.594. The van der Waals surface area contributed by atoms with E-state index < -0.39 is 0 Å². The molecule has 0 radical (unpaired) electrons. The first-order valence-electron chi connectivity index (χ1n) is 8.35. The van der Waals surface area contributed by atoms with Crippen LogP contribution in [0.2, 0.25) is 0 Å². The molecule has 2 aromatic heterocycles. The number of amides is 2. The van der Waals surface area contributed by atoms with Crippen molar-refractivity contribution in [3.63, 3.8) is 0 Å². The first kappa shape index (κ1) is 16.2. The molecule has 2 N–H and O–H groups in total. The lowest BCUT2D eigenvalue weighted by Crippen LogP contribution is -2.42. The number of aryl methyl sites for hydroxylation is 1. The van der Waals surface area contributed by atoms with Crippen LogP contribution in [0.3, 0.4) is 0 Å². The molecule has 3 aromatic rings. The van der Waals surface area contributed by atoms with Gasteiger partial charge in [-0.3, -0.25) is 9.89 Å². The number of nitrogens with one attached hydrogen (secondary N) is 2. The highest BCUT2D eigenvalue weighted by Crippen LogP contribution is 2.26. The van der Waals surface area contributed by atoms with E-state index in [1.54, 1.807) is 24.3 Å². The third kappa shape index (κ3) is 2.69. The monoisotopic (exact) mass is 353 g/mol. The van der Waals surface area contributed by atoms with E-state index in [-0.39, 0.29) is 18.1 Å². The molecule has 2 amide bonds. The third-order valence-electron chi connectivity index (χ3n) is 4.58. The van der Waals surface area contributed by atoms with Gasteiger partial charge in [-0.05, 0) is 24.6 Å². The molecule has 8 nitrogen and oxygen atoms in total. The van der Waals surface area contributed by atoms with Crippen molar-refractivity contribution in [3.8, 4) is 5.75 Å². The summed E-state index contributed by atoms with van der Waals surface area (Å²) in [5, 5.41) is 5.73. The zero-order chi connectivity index (χ0) is 18.3. The maximum atomic E-state index is 12.7. The number of rotatable bonds is 2. The number of aromatic nitrogens is 3. The lowest BCUT2D eigenvalue weighted by Gasteiger charge is -2.28. The van der Waals surface area contributed by atoms with Gasteiger partial charge in [0.15, 0.2) is 5.65 Å². The van der Waals surface area contributed by atoms with Crippen molar-refractivity contribution in [1.82, 2.24) is 19.5 Å². The second kappa shape index (κ2) is 6.21. The number of anilines is 1. The van der Waals surface area contributed by atoms with Gasteiger partial charge in [0, 0.05) is 25.2 Å². The van der Waals surface area contributed by atoms with Crippen molar-refractivity contribution in [2.45, 2.75) is 19.9 Å². The fourth-order valence-corrected chi connectivity index (χ4v) is 3.20. The number of nitrogens with zero attached hydrogens (tertiary/aromatic N) is 3. The van der Waals surface area contributed by atoms with Crippen molar-refractivity contribution < 1.29 is 9.53 Å². The van der Waals surface area contributed by atoms with Crippen molar-refractivity contribution >= 4 is 17.4 Å². The highest BCUT2D eigenvalue weighted by atomic mass is 16.5. The molecule has 0 aliphatic carbocycles. The number of benzene rings is 1. The van der Waals surface area contributed by atoms with Crippen molar-refractivity contribution in [1.29, 1.82) is 0 Å². The molecule has 8 heteroatoms. The smallest absolute Gasteiger partial charge is 0.322 e. The average molecular weight is 353 g/mol. The summed E-state index contributed by atoms with van der Waals surface area (Å²) in [4.78, 5) is 31.4. The minimum atomic E-state index is -0.268. The molecule has 0 unspecified atom stereocenters. The third-order valence-corrected chi connectivity index (χ3v) is 4.58. The lowest BCUT2D eigenvalue weighted by atomic mass is 10.1. The number of hydrogen-bond donors (Lipinski definition) is 2. The zero-order valence-corrected chi connectivity index (χ0v) is 14.6. The topological polar surface area (TPSA) is 91.7 Å². The summed E-state index contributed by atoms with van der Waals surface area (Å²) in [7, 11) is 1.56. The fourth-order valence-electron chi connectivity index (χ4n) is 3.20. The first-order valence-corrected chi connectivity index (χ1v) is 8.35. The standard InChI is InChI=1S/C18H19N5O3/c1-11-3-4-15(26-2)14(9-11)21-18(25)22-8-6-13-12(10-22)17(24)23-16(20-13)5-7-19-23/h3-5,7,9,19H,6,8,10H2,1-2H3,(H,21,25). The number of hydrogen-bond acceptors (Lipinski definition) is 4. The molecule has 1 aliphatic heterocycles. The second-order valence-electron chi connectivity index (χ2n) is 6.30. The van der Waals surface area contributed by atoms with Crippen LogP contribution in [0.15, 0.2) is 35.3 Å². The van der Waals surface area contributed by atoms with Gasteiger partial charge in [0.05, 0.1) is 30.6 Å². The van der Waals surface area contributed by atoms with Crippen LogP contribution in [0.25, 0.3) is 5.65 Å². The highest BCUT2D eigenvalue weighted by Gasteiger charge is 2.25. The normalized spacial score (nSPS) is 13.5. The maximum Gasteiger partial charge on any atom is 0.322 e. The van der Waals surface area contributed by atoms with E-state index >= 15 is 0 Å². The van der Waals surface area contributed by atoms with E-state index in [4.69, 9.17) is 4.74 Å². The molecule has 0 fully saturated rings. The number of methoxy groups -OCH3 is 1. The molecular formula is C18H19N5O3. The molecule has 1 aliphatic rings. The van der Waals surface area contributed by atoms with Crippen LogP contribution in [-0.2, 0) is 13.0 Å². The molecule has 4 rings (SSSR count). The van der Waals surface area contributed by atoms with Gasteiger partial charge in [-0.25, -0.2) is 14.3 Å². The summed E-state index contributed by atoms with van der Waals surface area (Å²) in [6.45, 7) is 2.67. The zero-order valence-electron chi connectivity index (χ0n) is 14.6. The van der Waals surface area contributed by atoms with Crippen LogP contribution in [-0.4, -0.2) is 39.2 Å². The van der Waals surface area contributed by atoms with Crippen LogP contribution in [0, 0.1) is 6.92 Å². The van der Waals surface area contributed by atoms with E-state index in [0.29, 0.717) is 35.6 Å². The van der Waals surface area contributed by atoms with Gasteiger partial charge in [-0.2, -0.15) is 0 Å². The number of ether oxygens (including phenoxy) is 1. The second-order valence-corrected chi connectivity index (χ2v) is 6.30. The van der Waals surface area contributed by atoms with Gasteiger partial charge in [0.1, 0.15) is 5.75 Å². The van der Waals surface area contributed by atoms with Gasteiger partial charge in [-0.15, -0.1) is 0 Å². The molecule has 0 saturated heterocycles. The van der Waals surface area contributed by atoms with Crippen LogP contribution in [0.5, 0.6) is 5.75 Å². The molecule has 0 atom stereocenters. The highest BCUT2D eigenvalue weighted by molar-refractivity contribution is 5.91. The molecule has 26 heavy (non-hydrogen) atoms. The lowest BCUT2D eigenvalue weighted by molar-refractivity contribution is 0.205. The van der Waals surface area contributed by atoms with Crippen LogP contribution in [0.1, 0.15) is 16.8 Å². The Morgan fingerprint density at radius 3 is 3.00 bits per heavy atom. The molecule has 0 saturated carbocycles. The van der Waals surface area contributed by atoms with Gasteiger partial charge in [0.2, 0.25) is 0 Å². The molecule has 1 aromatic carbocycles. The number of H-pyrrole nitrogens is 1. The molecule has 0 spiro atoms.